The van der Waals surface area contributed by atoms with Crippen molar-refractivity contribution in [3.05, 3.63) is 29.3 Å². The predicted molar refractivity (Wildman–Crippen MR) is 78.5 cm³/mol. The van der Waals surface area contributed by atoms with Crippen LogP contribution in [0.5, 0.6) is 0 Å². The van der Waals surface area contributed by atoms with Crippen molar-refractivity contribution in [1.29, 1.82) is 5.26 Å². The summed E-state index contributed by atoms with van der Waals surface area (Å²) in [5.74, 6) is 0. The topological polar surface area (TPSA) is 42.3 Å². The molecule has 102 valence electrons. The molecule has 19 heavy (non-hydrogen) atoms. The Morgan fingerprint density at radius 1 is 1.37 bits per heavy atom. The summed E-state index contributed by atoms with van der Waals surface area (Å²) in [5, 5.41) is 12.5. The number of hydrogen-bond donors (Lipinski definition) is 1. The molecule has 0 amide bonds. The van der Waals surface area contributed by atoms with Crippen LogP contribution in [0.3, 0.4) is 0 Å². The van der Waals surface area contributed by atoms with Gasteiger partial charge in [0.2, 0.25) is 0 Å². The van der Waals surface area contributed by atoms with Gasteiger partial charge >= 0.3 is 0 Å². The van der Waals surface area contributed by atoms with Crippen molar-refractivity contribution >= 4 is 5.69 Å². The standard InChI is InChI=1S/C15H22N4/c1-13-3-4-14(12-16)15(11-13)18(2)9-10-19-7-5-17-6-8-19/h3-4,11,17H,5-10H2,1-2H3. The molecule has 4 nitrogen and oxygen atoms in total. The Hall–Kier alpha value is -1.57. The van der Waals surface area contributed by atoms with Gasteiger partial charge in [-0.1, -0.05) is 6.07 Å². The maximum Gasteiger partial charge on any atom is 0.101 e. The Labute approximate surface area is 115 Å². The third-order valence-electron chi connectivity index (χ3n) is 3.65. The highest BCUT2D eigenvalue weighted by atomic mass is 15.2. The van der Waals surface area contributed by atoms with E-state index in [1.165, 1.54) is 5.56 Å². The molecule has 0 bridgehead atoms. The number of rotatable bonds is 4. The number of aryl methyl sites for hydroxylation is 1. The molecule has 1 aromatic rings. The van der Waals surface area contributed by atoms with Crippen LogP contribution in [0.25, 0.3) is 0 Å². The van der Waals surface area contributed by atoms with E-state index in [2.05, 4.69) is 41.2 Å². The molecule has 1 N–H and O–H groups in total. The van der Waals surface area contributed by atoms with Gasteiger partial charge in [-0.3, -0.25) is 4.90 Å². The van der Waals surface area contributed by atoms with E-state index in [4.69, 9.17) is 0 Å². The van der Waals surface area contributed by atoms with E-state index in [-0.39, 0.29) is 0 Å². The van der Waals surface area contributed by atoms with Crippen LogP contribution in [-0.2, 0) is 0 Å². The second-order valence-electron chi connectivity index (χ2n) is 5.15. The van der Waals surface area contributed by atoms with Crippen molar-refractivity contribution in [3.63, 3.8) is 0 Å². The van der Waals surface area contributed by atoms with Crippen LogP contribution >= 0.6 is 0 Å². The van der Waals surface area contributed by atoms with Crippen LogP contribution in [0.2, 0.25) is 0 Å². The first kappa shape index (κ1) is 13.9. The molecule has 0 aromatic heterocycles. The van der Waals surface area contributed by atoms with Crippen LogP contribution in [0, 0.1) is 18.3 Å². The van der Waals surface area contributed by atoms with Crippen molar-refractivity contribution in [3.8, 4) is 6.07 Å². The van der Waals surface area contributed by atoms with E-state index in [9.17, 15) is 5.26 Å². The van der Waals surface area contributed by atoms with E-state index in [1.54, 1.807) is 0 Å². The highest BCUT2D eigenvalue weighted by Gasteiger charge is 2.12. The molecular formula is C15H22N4. The molecular weight excluding hydrogens is 236 g/mol. The summed E-state index contributed by atoms with van der Waals surface area (Å²) in [6.45, 7) is 8.47. The summed E-state index contributed by atoms with van der Waals surface area (Å²) in [6, 6.07) is 8.27. The van der Waals surface area contributed by atoms with Gasteiger partial charge in [-0.25, -0.2) is 0 Å². The molecule has 0 unspecified atom stereocenters. The number of piperazine rings is 1. The lowest BCUT2D eigenvalue weighted by molar-refractivity contribution is 0.246. The molecule has 0 aliphatic carbocycles. The molecule has 2 rings (SSSR count). The second-order valence-corrected chi connectivity index (χ2v) is 5.15. The largest absolute Gasteiger partial charge is 0.372 e. The normalized spacial score (nSPS) is 16.1. The van der Waals surface area contributed by atoms with Crippen LogP contribution in [0.4, 0.5) is 5.69 Å². The molecule has 1 aromatic carbocycles. The van der Waals surface area contributed by atoms with Crippen LogP contribution in [0.15, 0.2) is 18.2 Å². The molecule has 1 saturated heterocycles. The second kappa shape index (κ2) is 6.55. The lowest BCUT2D eigenvalue weighted by Gasteiger charge is -2.30. The molecule has 0 radical (unpaired) electrons. The van der Waals surface area contributed by atoms with Gasteiger partial charge in [-0.2, -0.15) is 5.26 Å². The molecule has 4 heteroatoms. The Bertz CT molecular complexity index is 458. The van der Waals surface area contributed by atoms with E-state index < -0.39 is 0 Å². The van der Waals surface area contributed by atoms with Crippen molar-refractivity contribution < 1.29 is 0 Å². The molecule has 0 saturated carbocycles. The van der Waals surface area contributed by atoms with Gasteiger partial charge < -0.3 is 10.2 Å². The van der Waals surface area contributed by atoms with Gasteiger partial charge in [0.25, 0.3) is 0 Å². The SMILES string of the molecule is Cc1ccc(C#N)c(N(C)CCN2CCNCC2)c1. The summed E-state index contributed by atoms with van der Waals surface area (Å²) in [6.07, 6.45) is 0. The van der Waals surface area contributed by atoms with Crippen LogP contribution in [0.1, 0.15) is 11.1 Å². The van der Waals surface area contributed by atoms with E-state index in [0.717, 1.165) is 50.5 Å². The smallest absolute Gasteiger partial charge is 0.101 e. The minimum atomic E-state index is 0.758. The van der Waals surface area contributed by atoms with Crippen molar-refractivity contribution in [2.24, 2.45) is 0 Å². The van der Waals surface area contributed by atoms with Crippen LogP contribution in [-0.4, -0.2) is 51.2 Å². The number of benzene rings is 1. The molecule has 1 aliphatic heterocycles. The summed E-state index contributed by atoms with van der Waals surface area (Å²) < 4.78 is 0. The number of anilines is 1. The minimum Gasteiger partial charge on any atom is -0.372 e. The molecule has 1 heterocycles. The third kappa shape index (κ3) is 3.69. The van der Waals surface area contributed by atoms with Crippen molar-refractivity contribution in [2.75, 3.05) is 51.2 Å². The highest BCUT2D eigenvalue weighted by Crippen LogP contribution is 2.20. The Morgan fingerprint density at radius 2 is 2.11 bits per heavy atom. The highest BCUT2D eigenvalue weighted by molar-refractivity contribution is 5.60. The van der Waals surface area contributed by atoms with Crippen molar-refractivity contribution in [1.82, 2.24) is 10.2 Å². The fraction of sp³-hybridized carbons (Fsp3) is 0.533. The third-order valence-corrected chi connectivity index (χ3v) is 3.65. The zero-order valence-corrected chi connectivity index (χ0v) is 11.8. The first-order valence-corrected chi connectivity index (χ1v) is 6.85. The monoisotopic (exact) mass is 258 g/mol. The molecule has 1 aliphatic rings. The number of nitrogens with zero attached hydrogens (tertiary/aromatic N) is 3. The first-order valence-electron chi connectivity index (χ1n) is 6.85. The summed E-state index contributed by atoms with van der Waals surface area (Å²) in [4.78, 5) is 4.66. The number of likely N-dealkylation sites (N-methyl/N-ethyl adjacent to an activating group) is 1. The van der Waals surface area contributed by atoms with Gasteiger partial charge in [-0.15, -0.1) is 0 Å². The maximum atomic E-state index is 9.18. The van der Waals surface area contributed by atoms with E-state index in [1.807, 2.05) is 12.1 Å². The van der Waals surface area contributed by atoms with E-state index in [0.29, 0.717) is 0 Å². The number of nitrogens with one attached hydrogen (secondary N) is 1. The summed E-state index contributed by atoms with van der Waals surface area (Å²) in [7, 11) is 2.07. The minimum absolute atomic E-state index is 0.758. The average Bonchev–Trinajstić information content (AvgIpc) is 2.46. The van der Waals surface area contributed by atoms with Gasteiger partial charge in [0.1, 0.15) is 6.07 Å². The lowest BCUT2D eigenvalue weighted by Crippen LogP contribution is -2.46. The Kier molecular flexibility index (Phi) is 4.78. The van der Waals surface area contributed by atoms with Gasteiger partial charge in [0.05, 0.1) is 11.3 Å². The van der Waals surface area contributed by atoms with Crippen LogP contribution < -0.4 is 10.2 Å². The number of nitriles is 1. The zero-order chi connectivity index (χ0) is 13.7. The predicted octanol–water partition coefficient (Wildman–Crippen LogP) is 1.21. The summed E-state index contributed by atoms with van der Waals surface area (Å²) in [5.41, 5.74) is 2.99. The lowest BCUT2D eigenvalue weighted by atomic mass is 10.1. The molecule has 1 fully saturated rings. The summed E-state index contributed by atoms with van der Waals surface area (Å²) >= 11 is 0. The quantitative estimate of drug-likeness (QED) is 0.881. The number of hydrogen-bond acceptors (Lipinski definition) is 4. The maximum absolute atomic E-state index is 9.18. The fourth-order valence-corrected chi connectivity index (χ4v) is 2.40. The molecule has 0 atom stereocenters. The average molecular weight is 258 g/mol. The van der Waals surface area contributed by atoms with Gasteiger partial charge in [0.15, 0.2) is 0 Å². The van der Waals surface area contributed by atoms with Gasteiger partial charge in [-0.05, 0) is 24.6 Å². The van der Waals surface area contributed by atoms with Crippen molar-refractivity contribution in [2.45, 2.75) is 6.92 Å². The fourth-order valence-electron chi connectivity index (χ4n) is 2.40. The van der Waals surface area contributed by atoms with Gasteiger partial charge in [0, 0.05) is 46.3 Å². The molecule has 0 spiro atoms. The Morgan fingerprint density at radius 3 is 2.79 bits per heavy atom. The first-order chi connectivity index (χ1) is 9.20. The van der Waals surface area contributed by atoms with E-state index >= 15 is 0 Å². The Balaban J connectivity index is 1.97. The zero-order valence-electron chi connectivity index (χ0n) is 11.8.